The van der Waals surface area contributed by atoms with Gasteiger partial charge in [0.25, 0.3) is 6.43 Å². The minimum absolute atomic E-state index is 0.0175. The van der Waals surface area contributed by atoms with Gasteiger partial charge in [0, 0.05) is 31.9 Å². The summed E-state index contributed by atoms with van der Waals surface area (Å²) in [7, 11) is 1.96. The van der Waals surface area contributed by atoms with Gasteiger partial charge in [0.15, 0.2) is 11.5 Å². The number of benzene rings is 1. The van der Waals surface area contributed by atoms with E-state index in [2.05, 4.69) is 31.7 Å². The number of H-pyrrole nitrogens is 1. The van der Waals surface area contributed by atoms with Crippen LogP contribution in [0.2, 0.25) is 0 Å². The average Bonchev–Trinajstić information content (AvgIpc) is 3.69. The van der Waals surface area contributed by atoms with E-state index in [1.807, 2.05) is 43.6 Å². The molecule has 1 saturated carbocycles. The molecule has 1 aliphatic carbocycles. The van der Waals surface area contributed by atoms with Gasteiger partial charge in [-0.1, -0.05) is 31.9 Å². The lowest BCUT2D eigenvalue weighted by Crippen LogP contribution is -2.15. The maximum atomic E-state index is 13.4. The monoisotopic (exact) mass is 532 g/mol. The van der Waals surface area contributed by atoms with Gasteiger partial charge in [-0.2, -0.15) is 0 Å². The van der Waals surface area contributed by atoms with Crippen molar-refractivity contribution < 1.29 is 18.3 Å². The van der Waals surface area contributed by atoms with Gasteiger partial charge in [0.2, 0.25) is 5.91 Å². The number of amides is 1. The molecule has 0 radical (unpaired) electrons. The molecule has 1 unspecified atom stereocenters. The average molecular weight is 533 g/mol. The zero-order chi connectivity index (χ0) is 26.5. The highest BCUT2D eigenvalue weighted by Crippen LogP contribution is 2.38. The number of carbonyl (C=O) groups is 1. The number of aromatic amines is 1. The predicted octanol–water partition coefficient (Wildman–Crippen LogP) is 6.97. The fourth-order valence-corrected chi connectivity index (χ4v) is 4.56. The number of ether oxygens (including phenoxy) is 1. The van der Waals surface area contributed by atoms with Crippen molar-refractivity contribution in [1.82, 2.24) is 15.0 Å². The van der Waals surface area contributed by atoms with Gasteiger partial charge >= 0.3 is 0 Å². The van der Waals surface area contributed by atoms with Crippen molar-refractivity contribution in [2.45, 2.75) is 58.5 Å². The van der Waals surface area contributed by atoms with Crippen molar-refractivity contribution in [3.8, 4) is 0 Å². The van der Waals surface area contributed by atoms with E-state index in [9.17, 15) is 13.6 Å². The van der Waals surface area contributed by atoms with Crippen molar-refractivity contribution in [2.75, 3.05) is 34.8 Å². The summed E-state index contributed by atoms with van der Waals surface area (Å²) >= 11 is 1.56. The number of nitrogens with one attached hydrogen (secondary N) is 3. The molecule has 2 aliphatic rings. The Morgan fingerprint density at radius 2 is 1.95 bits per heavy atom. The molecule has 2 aromatic heterocycles. The lowest BCUT2D eigenvalue weighted by Gasteiger charge is -2.26. The molecule has 1 aromatic carbocycles. The third-order valence-electron chi connectivity index (χ3n) is 6.34. The molecule has 5 rings (SSSR count). The van der Waals surface area contributed by atoms with Crippen molar-refractivity contribution in [2.24, 2.45) is 5.92 Å². The molecule has 37 heavy (non-hydrogen) atoms. The Morgan fingerprint density at radius 3 is 2.59 bits per heavy atom. The highest BCUT2D eigenvalue weighted by molar-refractivity contribution is 7.99. The van der Waals surface area contributed by atoms with Gasteiger partial charge in [0.05, 0.1) is 23.2 Å². The van der Waals surface area contributed by atoms with Crippen LogP contribution in [0.1, 0.15) is 69.9 Å². The zero-order valence-corrected chi connectivity index (χ0v) is 22.4. The third-order valence-corrected chi connectivity index (χ3v) is 7.09. The molecular weight excluding hydrogens is 498 g/mol. The van der Waals surface area contributed by atoms with Crippen LogP contribution in [0.4, 0.5) is 31.7 Å². The number of anilines is 4. The Bertz CT molecular complexity index is 1230. The van der Waals surface area contributed by atoms with E-state index in [1.165, 1.54) is 0 Å². The summed E-state index contributed by atoms with van der Waals surface area (Å²) in [6.07, 6.45) is 4.16. The second kappa shape index (κ2) is 12.1. The molecule has 3 heterocycles. The molecule has 2 fully saturated rings. The van der Waals surface area contributed by atoms with Crippen LogP contribution in [0.15, 0.2) is 24.3 Å². The van der Waals surface area contributed by atoms with Crippen molar-refractivity contribution in [3.05, 3.63) is 35.7 Å². The van der Waals surface area contributed by atoms with Crippen LogP contribution in [0, 0.1) is 5.92 Å². The smallest absolute Gasteiger partial charge is 0.295 e. The molecule has 1 amide bonds. The summed E-state index contributed by atoms with van der Waals surface area (Å²) in [5, 5.41) is 6.17. The van der Waals surface area contributed by atoms with E-state index < -0.39 is 12.2 Å². The second-order valence-electron chi connectivity index (χ2n) is 8.88. The molecule has 0 spiro atoms. The lowest BCUT2D eigenvalue weighted by molar-refractivity contribution is -0.117. The molecule has 8 nitrogen and oxygen atoms in total. The van der Waals surface area contributed by atoms with E-state index in [1.54, 1.807) is 18.0 Å². The molecule has 1 saturated heterocycles. The molecule has 3 N–H and O–H groups in total. The number of aromatic nitrogens is 3. The van der Waals surface area contributed by atoms with Crippen LogP contribution in [-0.4, -0.2) is 40.8 Å². The van der Waals surface area contributed by atoms with E-state index in [0.717, 1.165) is 55.6 Å². The Morgan fingerprint density at radius 1 is 1.16 bits per heavy atom. The first-order chi connectivity index (χ1) is 17.9. The SMILES string of the molecule is CC.CSN(C)c1cc(C2CCCCO2)ccc1Nc1cc(NC(=O)C2CC2)nc2nc(C(F)F)[nH]c12. The fraction of sp³-hybridized carbons (Fsp3) is 0.500. The van der Waals surface area contributed by atoms with Crippen molar-refractivity contribution in [3.63, 3.8) is 0 Å². The first kappa shape index (κ1) is 27.1. The number of hydrogen-bond acceptors (Lipinski definition) is 7. The quantitative estimate of drug-likeness (QED) is 0.270. The first-order valence-corrected chi connectivity index (χ1v) is 13.9. The first-order valence-electron chi connectivity index (χ1n) is 12.7. The van der Waals surface area contributed by atoms with Crippen LogP contribution < -0.4 is 14.9 Å². The summed E-state index contributed by atoms with van der Waals surface area (Å²) in [5.74, 6) is -0.327. The number of alkyl halides is 2. The lowest BCUT2D eigenvalue weighted by atomic mass is 10.0. The van der Waals surface area contributed by atoms with Crippen LogP contribution in [0.3, 0.4) is 0 Å². The summed E-state index contributed by atoms with van der Waals surface area (Å²) in [6.45, 7) is 4.76. The Kier molecular flexibility index (Phi) is 8.86. The molecule has 1 atom stereocenters. The maximum Gasteiger partial charge on any atom is 0.295 e. The normalized spacial score (nSPS) is 17.3. The highest BCUT2D eigenvalue weighted by atomic mass is 32.2. The highest BCUT2D eigenvalue weighted by Gasteiger charge is 2.30. The Balaban J connectivity index is 0.00000156. The summed E-state index contributed by atoms with van der Waals surface area (Å²) in [4.78, 5) is 23.3. The summed E-state index contributed by atoms with van der Waals surface area (Å²) < 4.78 is 34.8. The molecule has 0 bridgehead atoms. The van der Waals surface area contributed by atoms with E-state index in [0.29, 0.717) is 11.2 Å². The number of halogens is 2. The number of hydrogen-bond donors (Lipinski definition) is 3. The van der Waals surface area contributed by atoms with Crippen LogP contribution in [0.5, 0.6) is 0 Å². The minimum Gasteiger partial charge on any atom is -0.374 e. The number of fused-ring (bicyclic) bond motifs is 1. The Hall–Kier alpha value is -2.92. The third kappa shape index (κ3) is 6.32. The van der Waals surface area contributed by atoms with E-state index in [4.69, 9.17) is 4.74 Å². The minimum atomic E-state index is -2.77. The standard InChI is InChI=1S/C24H28F2N6O2S.C2H6/c1-32(35-2)17-11-14(18-5-3-4-10-34-18)8-9-15(17)27-16-12-19(29-24(33)13-6-7-13)28-22-20(16)30-23(31-22)21(25)26;1-2/h8-9,11-13,18,21H,3-7,10H2,1-2H3,(H3,27,28,29,30,31,33);1-2H3. The topological polar surface area (TPSA) is 95.2 Å². The number of rotatable bonds is 8. The van der Waals surface area contributed by atoms with E-state index in [-0.39, 0.29) is 29.4 Å². The molecule has 11 heteroatoms. The number of imidazole rings is 1. The van der Waals surface area contributed by atoms with Gasteiger partial charge in [-0.15, -0.1) is 0 Å². The summed E-state index contributed by atoms with van der Waals surface area (Å²) in [6, 6.07) is 7.74. The largest absolute Gasteiger partial charge is 0.374 e. The van der Waals surface area contributed by atoms with Gasteiger partial charge in [0.1, 0.15) is 11.3 Å². The van der Waals surface area contributed by atoms with Gasteiger partial charge in [-0.3, -0.25) is 4.79 Å². The van der Waals surface area contributed by atoms with Crippen LogP contribution in [0.25, 0.3) is 11.2 Å². The molecular formula is C26H34F2N6O2S. The number of carbonyl (C=O) groups excluding carboxylic acids is 1. The van der Waals surface area contributed by atoms with Gasteiger partial charge in [-0.25, -0.2) is 18.7 Å². The maximum absolute atomic E-state index is 13.4. The Labute approximate surface area is 220 Å². The predicted molar refractivity (Wildman–Crippen MR) is 146 cm³/mol. The van der Waals surface area contributed by atoms with Crippen LogP contribution in [-0.2, 0) is 9.53 Å². The van der Waals surface area contributed by atoms with Crippen molar-refractivity contribution >= 4 is 51.9 Å². The van der Waals surface area contributed by atoms with Crippen molar-refractivity contribution in [1.29, 1.82) is 0 Å². The molecule has 3 aromatic rings. The number of pyridine rings is 1. The summed E-state index contributed by atoms with van der Waals surface area (Å²) in [5.41, 5.74) is 3.77. The van der Waals surface area contributed by atoms with Gasteiger partial charge < -0.3 is 24.7 Å². The fourth-order valence-electron chi connectivity index (χ4n) is 4.21. The zero-order valence-electron chi connectivity index (χ0n) is 21.6. The molecule has 200 valence electrons. The number of nitrogens with zero attached hydrogens (tertiary/aromatic N) is 3. The van der Waals surface area contributed by atoms with E-state index >= 15 is 0 Å². The van der Waals surface area contributed by atoms with Gasteiger partial charge in [-0.05, 0) is 49.8 Å². The van der Waals surface area contributed by atoms with Crippen LogP contribution >= 0.6 is 11.9 Å². The molecule has 1 aliphatic heterocycles. The second-order valence-corrected chi connectivity index (χ2v) is 9.79.